The lowest BCUT2D eigenvalue weighted by Crippen LogP contribution is -2.29. The maximum atomic E-state index is 12.6. The predicted octanol–water partition coefficient (Wildman–Crippen LogP) is 20.7. The van der Waals surface area contributed by atoms with E-state index in [0.717, 1.165) is 44.9 Å². The first-order valence-corrected chi connectivity index (χ1v) is 33.8. The van der Waals surface area contributed by atoms with Gasteiger partial charge in [-0.2, -0.15) is 0 Å². The highest BCUT2D eigenvalue weighted by Gasteiger charge is 2.26. The predicted molar refractivity (Wildman–Crippen MR) is 326 cm³/mol. The molecule has 0 heterocycles. The fraction of sp³-hybridized carbons (Fsp3) is 0.818. The van der Waals surface area contributed by atoms with Crippen molar-refractivity contribution in [3.05, 3.63) is 60.8 Å². The zero-order valence-corrected chi connectivity index (χ0v) is 50.6. The topological polar surface area (TPSA) is 134 Å². The molecule has 0 aliphatic heterocycles. The van der Waals surface area contributed by atoms with Crippen LogP contribution in [0.2, 0.25) is 0 Å². The number of nitrogens with two attached hydrogens (primary N) is 1. The minimum absolute atomic E-state index is 0.00177. The monoisotopic (exact) mass is 1090 g/mol. The van der Waals surface area contributed by atoms with Crippen LogP contribution in [-0.4, -0.2) is 49.3 Å². The Hall–Kier alpha value is -2.29. The van der Waals surface area contributed by atoms with E-state index in [1.807, 2.05) is 12.2 Å². The van der Waals surface area contributed by atoms with Crippen molar-refractivity contribution in [2.75, 3.05) is 26.4 Å². The molecule has 0 fully saturated rings. The third kappa shape index (κ3) is 60.9. The first-order valence-electron chi connectivity index (χ1n) is 32.3. The van der Waals surface area contributed by atoms with Gasteiger partial charge < -0.3 is 20.1 Å². The van der Waals surface area contributed by atoms with Crippen molar-refractivity contribution in [1.29, 1.82) is 0 Å². The van der Waals surface area contributed by atoms with Crippen LogP contribution in [0.3, 0.4) is 0 Å². The number of carbonyl (C=O) groups is 2. The Morgan fingerprint density at radius 3 is 1.03 bits per heavy atom. The molecule has 10 heteroatoms. The van der Waals surface area contributed by atoms with Gasteiger partial charge in [0.2, 0.25) is 0 Å². The van der Waals surface area contributed by atoms with Crippen molar-refractivity contribution in [3.63, 3.8) is 0 Å². The van der Waals surface area contributed by atoms with Crippen LogP contribution >= 0.6 is 7.82 Å². The van der Waals surface area contributed by atoms with E-state index in [1.165, 1.54) is 238 Å². The van der Waals surface area contributed by atoms with E-state index < -0.39 is 32.5 Å². The summed E-state index contributed by atoms with van der Waals surface area (Å²) in [4.78, 5) is 35.0. The minimum atomic E-state index is -4.41. The SMILES string of the molecule is CC/C=C\C/C=C\C/C=C\C/C=C\C/C=C\CC(=O)OC(COC(=O)CCCCCCCCCCCCCCCCCCCCCCCCCCCCCCCCCCCCCCCCCC)COP(=O)(O)OCCN. The molecule has 0 saturated heterocycles. The Labute approximate surface area is 469 Å². The minimum Gasteiger partial charge on any atom is -0.462 e. The number of phosphoric acid groups is 1. The zero-order valence-electron chi connectivity index (χ0n) is 49.7. The number of ether oxygens (including phenoxy) is 2. The molecule has 0 aromatic heterocycles. The Morgan fingerprint density at radius 1 is 0.408 bits per heavy atom. The van der Waals surface area contributed by atoms with Gasteiger partial charge in [-0.05, 0) is 38.5 Å². The molecule has 0 radical (unpaired) electrons. The van der Waals surface area contributed by atoms with Gasteiger partial charge in [-0.25, -0.2) is 4.57 Å². The van der Waals surface area contributed by atoms with Gasteiger partial charge in [0.15, 0.2) is 6.10 Å². The number of hydrogen-bond donors (Lipinski definition) is 2. The largest absolute Gasteiger partial charge is 0.472 e. The van der Waals surface area contributed by atoms with Gasteiger partial charge in [0.25, 0.3) is 0 Å². The second kappa shape index (κ2) is 61.9. The van der Waals surface area contributed by atoms with E-state index in [-0.39, 0.29) is 32.6 Å². The molecule has 2 atom stereocenters. The van der Waals surface area contributed by atoms with E-state index >= 15 is 0 Å². The smallest absolute Gasteiger partial charge is 0.462 e. The average Bonchev–Trinajstić information content (AvgIpc) is 3.41. The summed E-state index contributed by atoms with van der Waals surface area (Å²) in [6, 6.07) is 0. The highest BCUT2D eigenvalue weighted by molar-refractivity contribution is 7.47. The van der Waals surface area contributed by atoms with Gasteiger partial charge in [-0.3, -0.25) is 18.6 Å². The van der Waals surface area contributed by atoms with Crippen molar-refractivity contribution in [1.82, 2.24) is 0 Å². The van der Waals surface area contributed by atoms with Gasteiger partial charge in [0.05, 0.1) is 19.6 Å². The summed E-state index contributed by atoms with van der Waals surface area (Å²) in [7, 11) is -4.41. The third-order valence-corrected chi connectivity index (χ3v) is 15.2. The average molecular weight is 1090 g/mol. The van der Waals surface area contributed by atoms with Gasteiger partial charge in [-0.15, -0.1) is 0 Å². The maximum Gasteiger partial charge on any atom is 0.472 e. The second-order valence-electron chi connectivity index (χ2n) is 21.6. The summed E-state index contributed by atoms with van der Waals surface area (Å²) < 4.78 is 32.8. The van der Waals surface area contributed by atoms with Crippen molar-refractivity contribution in [2.45, 2.75) is 322 Å². The van der Waals surface area contributed by atoms with E-state index in [9.17, 15) is 19.0 Å². The molecular weight excluding hydrogens is 966 g/mol. The van der Waals surface area contributed by atoms with Gasteiger partial charge in [0, 0.05) is 13.0 Å². The summed E-state index contributed by atoms with van der Waals surface area (Å²) in [5.74, 6) is -0.967. The van der Waals surface area contributed by atoms with Crippen molar-refractivity contribution in [2.24, 2.45) is 5.73 Å². The van der Waals surface area contributed by atoms with Crippen LogP contribution < -0.4 is 5.73 Å². The molecular formula is C66H122NO8P. The maximum absolute atomic E-state index is 12.6. The molecule has 3 N–H and O–H groups in total. The molecule has 0 spiro atoms. The standard InChI is InChI=1S/C66H122NO8P/c1-3-5-7-9-11-13-15-17-19-20-21-22-23-24-25-26-27-28-29-30-31-32-33-34-35-36-37-38-39-40-41-42-43-45-46-48-50-52-54-56-58-65(68)72-62-64(63-74-76(70,71)73-61-60-67)75-66(69)59-57-55-53-51-49-47-44-18-16-14-12-10-8-6-4-2/h6,8,12,14,18,44,49,51,55,57,64H,3-5,7,9-11,13,15-17,19-43,45-48,50,52-54,56,58-63,67H2,1-2H3,(H,70,71)/b8-6-,14-12-,44-18-,51-49-,57-55-. The molecule has 0 aromatic carbocycles. The molecule has 0 saturated carbocycles. The summed E-state index contributed by atoms with van der Waals surface area (Å²) in [6.07, 6.45) is 79.6. The van der Waals surface area contributed by atoms with Crippen LogP contribution in [0, 0.1) is 0 Å². The van der Waals surface area contributed by atoms with Gasteiger partial charge in [0.1, 0.15) is 6.61 Å². The fourth-order valence-corrected chi connectivity index (χ4v) is 10.2. The normalized spacial score (nSPS) is 13.4. The summed E-state index contributed by atoms with van der Waals surface area (Å²) in [6.45, 7) is 3.55. The Kier molecular flexibility index (Phi) is 60.0. The Balaban J connectivity index is 3.74. The fourth-order valence-electron chi connectivity index (χ4n) is 9.48. The molecule has 9 nitrogen and oxygen atoms in total. The molecule has 0 aliphatic rings. The van der Waals surface area contributed by atoms with Crippen LogP contribution in [0.25, 0.3) is 0 Å². The number of rotatable bonds is 61. The molecule has 0 aliphatic carbocycles. The molecule has 0 aromatic rings. The molecule has 2 unspecified atom stereocenters. The zero-order chi connectivity index (χ0) is 55.2. The van der Waals surface area contributed by atoms with Crippen LogP contribution in [0.4, 0.5) is 0 Å². The third-order valence-electron chi connectivity index (χ3n) is 14.2. The summed E-state index contributed by atoms with van der Waals surface area (Å²) in [5, 5.41) is 0. The lowest BCUT2D eigenvalue weighted by atomic mass is 10.0. The highest BCUT2D eigenvalue weighted by Crippen LogP contribution is 2.43. The molecule has 0 bridgehead atoms. The van der Waals surface area contributed by atoms with E-state index in [1.54, 1.807) is 6.08 Å². The molecule has 444 valence electrons. The van der Waals surface area contributed by atoms with Crippen LogP contribution in [0.5, 0.6) is 0 Å². The van der Waals surface area contributed by atoms with Gasteiger partial charge in [-0.1, -0.05) is 325 Å². The Bertz CT molecular complexity index is 1430. The van der Waals surface area contributed by atoms with Crippen molar-refractivity contribution in [3.8, 4) is 0 Å². The van der Waals surface area contributed by atoms with Crippen LogP contribution in [0.1, 0.15) is 316 Å². The second-order valence-corrected chi connectivity index (χ2v) is 23.1. The number of allylic oxidation sites excluding steroid dienone is 9. The van der Waals surface area contributed by atoms with Crippen LogP contribution in [0.15, 0.2) is 60.8 Å². The number of phosphoric ester groups is 1. The molecule has 76 heavy (non-hydrogen) atoms. The van der Waals surface area contributed by atoms with Crippen molar-refractivity contribution >= 4 is 19.8 Å². The Morgan fingerprint density at radius 2 is 0.711 bits per heavy atom. The van der Waals surface area contributed by atoms with E-state index in [4.69, 9.17) is 24.3 Å². The molecule has 0 rings (SSSR count). The lowest BCUT2D eigenvalue weighted by Gasteiger charge is -2.19. The summed E-state index contributed by atoms with van der Waals surface area (Å²) >= 11 is 0. The number of hydrogen-bond acceptors (Lipinski definition) is 8. The number of esters is 2. The quantitative estimate of drug-likeness (QED) is 0.0264. The highest BCUT2D eigenvalue weighted by atomic mass is 31.2. The number of unbranched alkanes of at least 4 members (excludes halogenated alkanes) is 39. The van der Waals surface area contributed by atoms with Crippen LogP contribution in [-0.2, 0) is 32.7 Å². The first-order chi connectivity index (χ1) is 37.3. The van der Waals surface area contributed by atoms with Crippen molar-refractivity contribution < 1.29 is 37.6 Å². The number of carbonyl (C=O) groups excluding carboxylic acids is 2. The van der Waals surface area contributed by atoms with Gasteiger partial charge >= 0.3 is 19.8 Å². The van der Waals surface area contributed by atoms with E-state index in [0.29, 0.717) is 6.42 Å². The lowest BCUT2D eigenvalue weighted by molar-refractivity contribution is -0.160. The summed E-state index contributed by atoms with van der Waals surface area (Å²) in [5.41, 5.74) is 5.37. The van der Waals surface area contributed by atoms with E-state index in [2.05, 4.69) is 56.4 Å². The molecule has 0 amide bonds. The first kappa shape index (κ1) is 73.7.